The van der Waals surface area contributed by atoms with Crippen LogP contribution in [0.1, 0.15) is 71.7 Å². The molecule has 0 spiro atoms. The smallest absolute Gasteiger partial charge is 0.337 e. The molecule has 3 aromatic rings. The lowest BCUT2D eigenvalue weighted by Gasteiger charge is -2.32. The fourth-order valence-electron chi connectivity index (χ4n) is 4.08. The zero-order valence-corrected chi connectivity index (χ0v) is 17.8. The zero-order valence-electron chi connectivity index (χ0n) is 17.8. The predicted octanol–water partition coefficient (Wildman–Crippen LogP) is 4.43. The third-order valence-corrected chi connectivity index (χ3v) is 5.78. The molecule has 1 aliphatic rings. The van der Waals surface area contributed by atoms with Crippen LogP contribution in [0.15, 0.2) is 16.7 Å². The molecule has 0 saturated carbocycles. The lowest BCUT2D eigenvalue weighted by molar-refractivity contribution is -0.136. The van der Waals surface area contributed by atoms with Gasteiger partial charge in [-0.15, -0.1) is 0 Å². The Hall–Kier alpha value is -2.91. The highest BCUT2D eigenvalue weighted by Crippen LogP contribution is 2.38. The van der Waals surface area contributed by atoms with Crippen molar-refractivity contribution in [3.63, 3.8) is 0 Å². The summed E-state index contributed by atoms with van der Waals surface area (Å²) in [6.07, 6.45) is -3.25. The van der Waals surface area contributed by atoms with E-state index in [1.165, 1.54) is 6.92 Å². The Morgan fingerprint density at radius 3 is 2.68 bits per heavy atom. The van der Waals surface area contributed by atoms with Gasteiger partial charge in [0.1, 0.15) is 5.69 Å². The van der Waals surface area contributed by atoms with E-state index in [-0.39, 0.29) is 46.8 Å². The number of rotatable bonds is 3. The quantitative estimate of drug-likeness (QED) is 0.608. The fraction of sp³-hybridized carbons (Fsp3) is 0.524. The van der Waals surface area contributed by atoms with Gasteiger partial charge >= 0.3 is 6.18 Å². The second-order valence-electron chi connectivity index (χ2n) is 8.36. The first kappa shape index (κ1) is 21.3. The lowest BCUT2D eigenvalue weighted by atomic mass is 9.92. The van der Waals surface area contributed by atoms with E-state index in [0.717, 1.165) is 11.8 Å². The number of nitrogens with zero attached hydrogens (tertiary/aromatic N) is 5. The van der Waals surface area contributed by atoms with Crippen LogP contribution < -0.4 is 0 Å². The number of aryl methyl sites for hydroxylation is 2. The molecule has 7 nitrogen and oxygen atoms in total. The number of piperidine rings is 1. The monoisotopic (exact) mass is 435 g/mol. The van der Waals surface area contributed by atoms with Crippen molar-refractivity contribution >= 4 is 17.0 Å². The van der Waals surface area contributed by atoms with Gasteiger partial charge in [0.2, 0.25) is 0 Å². The molecular weight excluding hydrogens is 411 g/mol. The van der Waals surface area contributed by atoms with Crippen LogP contribution in [0.25, 0.3) is 11.1 Å². The summed E-state index contributed by atoms with van der Waals surface area (Å²) in [5, 5.41) is 7.93. The van der Waals surface area contributed by atoms with Crippen molar-refractivity contribution in [3.05, 3.63) is 40.5 Å². The number of carbonyl (C=O) groups is 1. The lowest BCUT2D eigenvalue weighted by Crippen LogP contribution is -2.40. The number of likely N-dealkylation sites (tertiary alicyclic amines) is 1. The molecule has 4 rings (SSSR count). The molecule has 1 fully saturated rings. The van der Waals surface area contributed by atoms with Crippen LogP contribution in [-0.4, -0.2) is 43.8 Å². The molecule has 4 heterocycles. The van der Waals surface area contributed by atoms with E-state index in [1.807, 2.05) is 13.8 Å². The normalized spacial score (nSPS) is 17.7. The highest BCUT2D eigenvalue weighted by Gasteiger charge is 2.37. The fourth-order valence-corrected chi connectivity index (χ4v) is 4.08. The van der Waals surface area contributed by atoms with Gasteiger partial charge in [0.15, 0.2) is 0 Å². The van der Waals surface area contributed by atoms with E-state index in [2.05, 4.69) is 15.2 Å². The van der Waals surface area contributed by atoms with Gasteiger partial charge in [-0.3, -0.25) is 9.48 Å². The number of amides is 1. The molecule has 0 N–H and O–H groups in total. The number of fused-ring (bicyclic) bond motifs is 1. The number of carbonyl (C=O) groups excluding carboxylic acids is 1. The van der Waals surface area contributed by atoms with Crippen molar-refractivity contribution in [1.82, 2.24) is 24.8 Å². The molecule has 1 unspecified atom stereocenters. The number of pyridine rings is 1. The Kier molecular flexibility index (Phi) is 5.26. The molecule has 3 aromatic heterocycles. The van der Waals surface area contributed by atoms with Gasteiger partial charge < -0.3 is 9.42 Å². The Balaban J connectivity index is 1.65. The van der Waals surface area contributed by atoms with E-state index in [4.69, 9.17) is 4.52 Å². The summed E-state index contributed by atoms with van der Waals surface area (Å²) in [6, 6.07) is 2.85. The molecule has 1 saturated heterocycles. The zero-order chi connectivity index (χ0) is 22.5. The van der Waals surface area contributed by atoms with Crippen LogP contribution in [0.3, 0.4) is 0 Å². The number of halogens is 3. The van der Waals surface area contributed by atoms with E-state index in [9.17, 15) is 18.0 Å². The molecule has 0 radical (unpaired) electrons. The van der Waals surface area contributed by atoms with Gasteiger partial charge in [0, 0.05) is 26.1 Å². The SMILES string of the molecule is Cc1noc2nc(C3CCCN(C(=O)c4cc(C(C)C)nn4C)C3)cc(C(F)(F)F)c12. The minimum absolute atomic E-state index is 0.115. The minimum Gasteiger partial charge on any atom is -0.337 e. The maximum Gasteiger partial charge on any atom is 0.417 e. The van der Waals surface area contributed by atoms with Crippen LogP contribution in [-0.2, 0) is 13.2 Å². The Labute approximate surface area is 177 Å². The molecule has 0 bridgehead atoms. The van der Waals surface area contributed by atoms with Gasteiger partial charge in [-0.25, -0.2) is 4.98 Å². The summed E-state index contributed by atoms with van der Waals surface area (Å²) in [6.45, 7) is 6.28. The maximum absolute atomic E-state index is 13.7. The number of alkyl halides is 3. The predicted molar refractivity (Wildman–Crippen MR) is 107 cm³/mol. The van der Waals surface area contributed by atoms with Gasteiger partial charge in [0.25, 0.3) is 11.6 Å². The molecule has 0 aromatic carbocycles. The standard InChI is InChI=1S/C21H24F3N5O2/c1-11(2)15-9-17(28(4)26-15)20(30)29-7-5-6-13(10-29)16-8-14(21(22,23)24)18-12(3)27-31-19(18)25-16/h8-9,11,13H,5-7,10H2,1-4H3. The van der Waals surface area contributed by atoms with E-state index in [1.54, 1.807) is 22.7 Å². The highest BCUT2D eigenvalue weighted by molar-refractivity contribution is 5.93. The molecule has 166 valence electrons. The van der Waals surface area contributed by atoms with Gasteiger partial charge in [0.05, 0.1) is 28.0 Å². The summed E-state index contributed by atoms with van der Waals surface area (Å²) in [5.74, 6) is -0.324. The average molecular weight is 435 g/mol. The van der Waals surface area contributed by atoms with Crippen molar-refractivity contribution in [2.24, 2.45) is 7.05 Å². The van der Waals surface area contributed by atoms with Gasteiger partial charge in [-0.2, -0.15) is 18.3 Å². The second kappa shape index (κ2) is 7.65. The van der Waals surface area contributed by atoms with Crippen LogP contribution >= 0.6 is 0 Å². The van der Waals surface area contributed by atoms with Crippen LogP contribution in [0.2, 0.25) is 0 Å². The van der Waals surface area contributed by atoms with E-state index in [0.29, 0.717) is 25.1 Å². The molecule has 31 heavy (non-hydrogen) atoms. The van der Waals surface area contributed by atoms with Crippen molar-refractivity contribution < 1.29 is 22.5 Å². The summed E-state index contributed by atoms with van der Waals surface area (Å²) in [5.41, 5.74) is 0.777. The first-order valence-electron chi connectivity index (χ1n) is 10.2. The topological polar surface area (TPSA) is 77.1 Å². The summed E-state index contributed by atoms with van der Waals surface area (Å²) in [7, 11) is 1.72. The Morgan fingerprint density at radius 1 is 1.29 bits per heavy atom. The summed E-state index contributed by atoms with van der Waals surface area (Å²) in [4.78, 5) is 19.1. The molecule has 1 amide bonds. The van der Waals surface area contributed by atoms with E-state index >= 15 is 0 Å². The third kappa shape index (κ3) is 3.90. The summed E-state index contributed by atoms with van der Waals surface area (Å²) >= 11 is 0. The second-order valence-corrected chi connectivity index (χ2v) is 8.36. The van der Waals surface area contributed by atoms with Crippen molar-refractivity contribution in [2.45, 2.75) is 51.6 Å². The maximum atomic E-state index is 13.7. The molecular formula is C21H24F3N5O2. The van der Waals surface area contributed by atoms with Gasteiger partial charge in [-0.1, -0.05) is 19.0 Å². The third-order valence-electron chi connectivity index (χ3n) is 5.78. The van der Waals surface area contributed by atoms with Gasteiger partial charge in [-0.05, 0) is 37.8 Å². The number of hydrogen-bond donors (Lipinski definition) is 0. The van der Waals surface area contributed by atoms with Crippen LogP contribution in [0.4, 0.5) is 13.2 Å². The average Bonchev–Trinajstić information content (AvgIpc) is 3.29. The first-order valence-corrected chi connectivity index (χ1v) is 10.2. The largest absolute Gasteiger partial charge is 0.417 e. The van der Waals surface area contributed by atoms with E-state index < -0.39 is 11.7 Å². The Bertz CT molecular complexity index is 1130. The molecule has 0 aliphatic carbocycles. The number of aromatic nitrogens is 4. The Morgan fingerprint density at radius 2 is 2.03 bits per heavy atom. The van der Waals surface area contributed by atoms with Crippen LogP contribution in [0.5, 0.6) is 0 Å². The minimum atomic E-state index is -4.56. The molecule has 1 atom stereocenters. The van der Waals surface area contributed by atoms with Crippen molar-refractivity contribution in [2.75, 3.05) is 13.1 Å². The van der Waals surface area contributed by atoms with Crippen molar-refractivity contribution in [3.8, 4) is 0 Å². The molecule has 10 heteroatoms. The summed E-state index contributed by atoms with van der Waals surface area (Å²) < 4.78 is 47.7. The van der Waals surface area contributed by atoms with Crippen LogP contribution in [0, 0.1) is 6.92 Å². The molecule has 1 aliphatic heterocycles. The van der Waals surface area contributed by atoms with Crippen molar-refractivity contribution in [1.29, 1.82) is 0 Å². The highest BCUT2D eigenvalue weighted by atomic mass is 19.4. The number of hydrogen-bond acceptors (Lipinski definition) is 5. The first-order chi connectivity index (χ1) is 14.6.